The van der Waals surface area contributed by atoms with Gasteiger partial charge in [0.2, 0.25) is 6.41 Å². The molecule has 0 radical (unpaired) electrons. The Morgan fingerprint density at radius 1 is 1.10 bits per heavy atom. The van der Waals surface area contributed by atoms with Crippen molar-refractivity contribution < 1.29 is 9.59 Å². The maximum atomic E-state index is 11.7. The molecule has 5 nitrogen and oxygen atoms in total. The fraction of sp³-hybridized carbons (Fsp3) is 0.528. The molecule has 0 aliphatic rings. The number of ketones is 1. The third-order valence-corrected chi connectivity index (χ3v) is 7.20. The van der Waals surface area contributed by atoms with Crippen LogP contribution in [0.5, 0.6) is 0 Å². The minimum atomic E-state index is -0.131. The molecule has 2 rings (SSSR count). The predicted molar refractivity (Wildman–Crippen MR) is 188 cm³/mol. The number of nitrogens with zero attached hydrogens (tertiary/aromatic N) is 1. The van der Waals surface area contributed by atoms with Gasteiger partial charge in [0.15, 0.2) is 5.78 Å². The molecule has 0 spiro atoms. The van der Waals surface area contributed by atoms with Crippen molar-refractivity contribution in [3.8, 4) is 11.3 Å². The fourth-order valence-electron chi connectivity index (χ4n) is 3.32. The Bertz CT molecular complexity index is 1090. The quantitative estimate of drug-likeness (QED) is 0.0984. The molecule has 0 saturated heterocycles. The third kappa shape index (κ3) is 18.4. The average Bonchev–Trinajstić information content (AvgIpc) is 3.61. The number of rotatable bonds is 14. The number of carbonyl (C=O) groups excluding carboxylic acids is 2. The molecule has 6 heteroatoms. The summed E-state index contributed by atoms with van der Waals surface area (Å²) in [5.41, 5.74) is 5.28. The molecule has 236 valence electrons. The Balaban J connectivity index is 0. The Labute approximate surface area is 261 Å². The number of allylic oxidation sites excluding steroid dienone is 5. The highest BCUT2D eigenvalue weighted by Crippen LogP contribution is 2.31. The largest absolute Gasteiger partial charge is 0.364 e. The van der Waals surface area contributed by atoms with Crippen LogP contribution in [-0.2, 0) is 9.59 Å². The summed E-state index contributed by atoms with van der Waals surface area (Å²) in [5, 5.41) is 5.21. The van der Waals surface area contributed by atoms with E-state index in [1.165, 1.54) is 75.8 Å². The van der Waals surface area contributed by atoms with E-state index in [-0.39, 0.29) is 5.78 Å². The van der Waals surface area contributed by atoms with Gasteiger partial charge in [0.1, 0.15) is 5.01 Å². The topological polar surface area (TPSA) is 74.8 Å². The summed E-state index contributed by atoms with van der Waals surface area (Å²) >= 11 is 1.51. The molecule has 1 amide bonds. The number of aromatic nitrogens is 2. The first-order valence-electron chi connectivity index (χ1n) is 15.6. The number of aromatic amines is 1. The number of Topliss-reactive ketones (excluding diaryl/α,β-unsaturated/α-hetero) is 1. The SMILES string of the molecule is C=C/C=C\c1c(-c2csc(/C(C)=C/C(=C\NC=O)C(C)=O)n2)c[nH]c1C.CCC.CCCC.CCCCCC(C)CC. The summed E-state index contributed by atoms with van der Waals surface area (Å²) in [5.74, 6) is 0.824. The van der Waals surface area contributed by atoms with Gasteiger partial charge in [-0.3, -0.25) is 9.59 Å². The summed E-state index contributed by atoms with van der Waals surface area (Å²) in [6.07, 6.45) is 22.1. The van der Waals surface area contributed by atoms with E-state index in [0.717, 1.165) is 39.0 Å². The minimum Gasteiger partial charge on any atom is -0.364 e. The van der Waals surface area contributed by atoms with Crippen molar-refractivity contribution in [3.63, 3.8) is 0 Å². The second kappa shape index (κ2) is 26.9. The van der Waals surface area contributed by atoms with Crippen LogP contribution in [-0.4, -0.2) is 22.2 Å². The maximum Gasteiger partial charge on any atom is 0.211 e. The summed E-state index contributed by atoms with van der Waals surface area (Å²) in [7, 11) is 0. The molecule has 42 heavy (non-hydrogen) atoms. The van der Waals surface area contributed by atoms with E-state index in [9.17, 15) is 9.59 Å². The number of hydrogen-bond acceptors (Lipinski definition) is 4. The van der Waals surface area contributed by atoms with Crippen molar-refractivity contribution in [2.24, 2.45) is 5.92 Å². The van der Waals surface area contributed by atoms with Crippen molar-refractivity contribution in [2.75, 3.05) is 0 Å². The predicted octanol–water partition coefficient (Wildman–Crippen LogP) is 11.1. The number of hydrogen-bond donors (Lipinski definition) is 2. The number of unbranched alkanes of at least 4 members (excludes halogenated alkanes) is 3. The molecule has 0 fully saturated rings. The number of amides is 1. The van der Waals surface area contributed by atoms with Crippen molar-refractivity contribution >= 4 is 35.2 Å². The van der Waals surface area contributed by atoms with Crippen LogP contribution in [0.15, 0.2) is 48.2 Å². The summed E-state index contributed by atoms with van der Waals surface area (Å²) in [4.78, 5) is 30.0. The highest BCUT2D eigenvalue weighted by Gasteiger charge is 2.13. The number of thiazole rings is 1. The van der Waals surface area contributed by atoms with E-state index in [1.807, 2.05) is 37.6 Å². The lowest BCUT2D eigenvalue weighted by molar-refractivity contribution is -0.113. The first kappa shape index (κ1) is 41.1. The molecule has 2 heterocycles. The van der Waals surface area contributed by atoms with Crippen LogP contribution in [0, 0.1) is 12.8 Å². The molecule has 0 saturated carbocycles. The fourth-order valence-corrected chi connectivity index (χ4v) is 4.12. The lowest BCUT2D eigenvalue weighted by Crippen LogP contribution is -2.05. The van der Waals surface area contributed by atoms with Crippen molar-refractivity contribution in [1.29, 1.82) is 0 Å². The van der Waals surface area contributed by atoms with Crippen LogP contribution in [0.3, 0.4) is 0 Å². The number of aryl methyl sites for hydroxylation is 1. The Morgan fingerprint density at radius 3 is 2.24 bits per heavy atom. The standard InChI is InChI=1S/C20H21N3O2S.C9H20.C4H10.C3H8/c1-5-6-7-17-14(3)22-10-18(17)19-11-26-20(23-19)13(2)8-16(15(4)25)9-21-12-24;1-4-6-7-8-9(3)5-2;1-3-4-2;1-3-2/h5-12,22H,1H2,2-4H3,(H,21,24);9H,4-8H2,1-3H3;3-4H2,1-2H3;3H2,1-2H3/b7-6-,13-8+,16-9+;;;. The Kier molecular flexibility index (Phi) is 26.3. The smallest absolute Gasteiger partial charge is 0.211 e. The zero-order valence-corrected chi connectivity index (χ0v) is 29.0. The van der Waals surface area contributed by atoms with E-state index >= 15 is 0 Å². The molecular weight excluding hydrogens is 538 g/mol. The lowest BCUT2D eigenvalue weighted by atomic mass is 10.0. The molecular formula is C36H59N3O2S. The van der Waals surface area contributed by atoms with Crippen molar-refractivity contribution in [1.82, 2.24) is 15.3 Å². The van der Waals surface area contributed by atoms with Gasteiger partial charge in [-0.05, 0) is 38.3 Å². The molecule has 2 aromatic rings. The van der Waals surface area contributed by atoms with E-state index in [4.69, 9.17) is 4.98 Å². The van der Waals surface area contributed by atoms with E-state index in [1.54, 1.807) is 12.2 Å². The number of nitrogens with one attached hydrogen (secondary N) is 2. The molecule has 2 N–H and O–H groups in total. The first-order chi connectivity index (χ1) is 20.1. The highest BCUT2D eigenvalue weighted by molar-refractivity contribution is 7.11. The van der Waals surface area contributed by atoms with Crippen LogP contribution >= 0.6 is 11.3 Å². The lowest BCUT2D eigenvalue weighted by Gasteiger charge is -2.05. The molecule has 1 atom stereocenters. The zero-order valence-electron chi connectivity index (χ0n) is 28.2. The molecule has 0 bridgehead atoms. The molecule has 0 aliphatic carbocycles. The second-order valence-electron chi connectivity index (χ2n) is 10.4. The summed E-state index contributed by atoms with van der Waals surface area (Å²) in [6, 6.07) is 0. The van der Waals surface area contributed by atoms with Gasteiger partial charge in [-0.1, -0.05) is 125 Å². The zero-order chi connectivity index (χ0) is 32.3. The Morgan fingerprint density at radius 2 is 1.74 bits per heavy atom. The maximum absolute atomic E-state index is 11.7. The van der Waals surface area contributed by atoms with Crippen molar-refractivity contribution in [2.45, 2.75) is 121 Å². The van der Waals surface area contributed by atoms with E-state index in [2.05, 4.69) is 65.3 Å². The summed E-state index contributed by atoms with van der Waals surface area (Å²) < 4.78 is 0. The molecule has 1 unspecified atom stereocenters. The summed E-state index contributed by atoms with van der Waals surface area (Å²) in [6.45, 7) is 24.5. The normalized spacial score (nSPS) is 11.8. The van der Waals surface area contributed by atoms with Crippen LogP contribution in [0.4, 0.5) is 0 Å². The van der Waals surface area contributed by atoms with Gasteiger partial charge in [0.05, 0.1) is 5.69 Å². The molecule has 0 aliphatic heterocycles. The van der Waals surface area contributed by atoms with Gasteiger partial charge < -0.3 is 10.3 Å². The van der Waals surface area contributed by atoms with Crippen molar-refractivity contribution in [3.05, 3.63) is 64.4 Å². The minimum absolute atomic E-state index is 0.131. The van der Waals surface area contributed by atoms with Gasteiger partial charge in [-0.25, -0.2) is 4.98 Å². The van der Waals surface area contributed by atoms with Gasteiger partial charge in [0, 0.05) is 40.2 Å². The highest BCUT2D eigenvalue weighted by atomic mass is 32.1. The van der Waals surface area contributed by atoms with Gasteiger partial charge in [-0.15, -0.1) is 11.3 Å². The average molecular weight is 598 g/mol. The third-order valence-electron chi connectivity index (χ3n) is 6.23. The monoisotopic (exact) mass is 597 g/mol. The van der Waals surface area contributed by atoms with Crippen LogP contribution < -0.4 is 5.32 Å². The molecule has 2 aromatic heterocycles. The van der Waals surface area contributed by atoms with Crippen LogP contribution in [0.25, 0.3) is 22.9 Å². The van der Waals surface area contributed by atoms with Gasteiger partial charge >= 0.3 is 0 Å². The Hall–Kier alpha value is -2.99. The van der Waals surface area contributed by atoms with Crippen LogP contribution in [0.2, 0.25) is 0 Å². The second-order valence-corrected chi connectivity index (χ2v) is 11.2. The molecule has 0 aromatic carbocycles. The van der Waals surface area contributed by atoms with Gasteiger partial charge in [-0.2, -0.15) is 0 Å². The van der Waals surface area contributed by atoms with E-state index in [0.29, 0.717) is 12.0 Å². The number of H-pyrrole nitrogens is 1. The van der Waals surface area contributed by atoms with Crippen LogP contribution in [0.1, 0.15) is 130 Å². The first-order valence-corrected chi connectivity index (χ1v) is 16.5. The van der Waals surface area contributed by atoms with Gasteiger partial charge in [0.25, 0.3) is 0 Å². The number of carbonyl (C=O) groups is 2. The van der Waals surface area contributed by atoms with E-state index < -0.39 is 0 Å².